The van der Waals surface area contributed by atoms with Crippen LogP contribution in [-0.2, 0) is 0 Å². The van der Waals surface area contributed by atoms with Gasteiger partial charge in [0.25, 0.3) is 0 Å². The first kappa shape index (κ1) is 12.5. The Morgan fingerprint density at radius 1 is 0.929 bits per heavy atom. The Balaban J connectivity index is 4.39. The first-order chi connectivity index (χ1) is 6.74. The molecule has 0 rings (SSSR count). The molecule has 0 amide bonds. The quantitative estimate of drug-likeness (QED) is 0.644. The fourth-order valence-electron chi connectivity index (χ4n) is 1.61. The van der Waals surface area contributed by atoms with Crippen LogP contribution >= 0.6 is 0 Å². The largest absolute Gasteiger partial charge is 0.198 e. The average Bonchev–Trinajstić information content (AvgIpc) is 2.22. The van der Waals surface area contributed by atoms with E-state index in [1.54, 1.807) is 0 Å². The van der Waals surface area contributed by atoms with E-state index in [1.165, 1.54) is 0 Å². The second-order valence-electron chi connectivity index (χ2n) is 3.46. The molecule has 3 nitrogen and oxygen atoms in total. The van der Waals surface area contributed by atoms with E-state index >= 15 is 0 Å². The fraction of sp³-hybridized carbons (Fsp3) is 0.727. The van der Waals surface area contributed by atoms with Crippen molar-refractivity contribution in [3.05, 3.63) is 0 Å². The summed E-state index contributed by atoms with van der Waals surface area (Å²) >= 11 is 0. The Morgan fingerprint density at radius 3 is 1.71 bits per heavy atom. The summed E-state index contributed by atoms with van der Waals surface area (Å²) in [5.74, 6) is 0. The number of hydrogen-bond donors (Lipinski definition) is 0. The molecule has 0 saturated heterocycles. The number of rotatable bonds is 6. The highest BCUT2D eigenvalue weighted by Gasteiger charge is 2.28. The molecular weight excluding hydrogens is 174 g/mol. The normalized spacial score (nSPS) is 9.86. The van der Waals surface area contributed by atoms with Gasteiger partial charge in [-0.05, 0) is 19.3 Å². The standard InChI is InChI=1S/C11H15N3/c1-2-5-11(10-14,6-3-8-12)7-4-9-13/h2-7H2,1H3. The van der Waals surface area contributed by atoms with Gasteiger partial charge in [-0.25, -0.2) is 0 Å². The van der Waals surface area contributed by atoms with Crippen LogP contribution in [-0.4, -0.2) is 0 Å². The summed E-state index contributed by atoms with van der Waals surface area (Å²) in [5, 5.41) is 26.1. The zero-order valence-corrected chi connectivity index (χ0v) is 8.58. The first-order valence-electron chi connectivity index (χ1n) is 4.90. The van der Waals surface area contributed by atoms with Gasteiger partial charge in [0.2, 0.25) is 0 Å². The highest BCUT2D eigenvalue weighted by molar-refractivity contribution is 5.01. The molecule has 3 heteroatoms. The third kappa shape index (κ3) is 3.92. The van der Waals surface area contributed by atoms with Crippen molar-refractivity contribution in [3.8, 4) is 18.2 Å². The van der Waals surface area contributed by atoms with Gasteiger partial charge in [0, 0.05) is 12.8 Å². The maximum atomic E-state index is 9.09. The van der Waals surface area contributed by atoms with E-state index in [-0.39, 0.29) is 0 Å². The monoisotopic (exact) mass is 189 g/mol. The van der Waals surface area contributed by atoms with Gasteiger partial charge in [-0.2, -0.15) is 15.8 Å². The summed E-state index contributed by atoms with van der Waals surface area (Å²) in [4.78, 5) is 0. The van der Waals surface area contributed by atoms with Gasteiger partial charge in [0.1, 0.15) is 0 Å². The van der Waals surface area contributed by atoms with E-state index < -0.39 is 5.41 Å². The molecule has 0 bridgehead atoms. The predicted octanol–water partition coefficient (Wildman–Crippen LogP) is 2.90. The van der Waals surface area contributed by atoms with Crippen LogP contribution in [0.3, 0.4) is 0 Å². The minimum Gasteiger partial charge on any atom is -0.198 e. The van der Waals surface area contributed by atoms with Gasteiger partial charge in [-0.15, -0.1) is 0 Å². The molecule has 0 aliphatic rings. The van der Waals surface area contributed by atoms with Gasteiger partial charge in [0.05, 0.1) is 23.6 Å². The van der Waals surface area contributed by atoms with Crippen molar-refractivity contribution < 1.29 is 0 Å². The van der Waals surface area contributed by atoms with Crippen molar-refractivity contribution in [2.24, 2.45) is 5.41 Å². The number of nitriles is 3. The highest BCUT2D eigenvalue weighted by Crippen LogP contribution is 2.33. The fourth-order valence-corrected chi connectivity index (χ4v) is 1.61. The van der Waals surface area contributed by atoms with Crippen LogP contribution < -0.4 is 0 Å². The molecule has 0 fully saturated rings. The van der Waals surface area contributed by atoms with Crippen LogP contribution in [0, 0.1) is 39.4 Å². The zero-order valence-electron chi connectivity index (χ0n) is 8.58. The van der Waals surface area contributed by atoms with Crippen molar-refractivity contribution in [1.29, 1.82) is 15.8 Å². The Hall–Kier alpha value is -1.53. The molecule has 0 aliphatic carbocycles. The molecule has 0 atom stereocenters. The molecule has 0 aromatic carbocycles. The van der Waals surface area contributed by atoms with Gasteiger partial charge >= 0.3 is 0 Å². The molecule has 0 aromatic rings. The minimum absolute atomic E-state index is 0.402. The molecule has 0 N–H and O–H groups in total. The molecule has 0 aromatic heterocycles. The summed E-state index contributed by atoms with van der Waals surface area (Å²) in [6.07, 6.45) is 3.69. The summed E-state index contributed by atoms with van der Waals surface area (Å²) in [6, 6.07) is 6.40. The third-order valence-corrected chi connectivity index (χ3v) is 2.40. The van der Waals surface area contributed by atoms with E-state index in [1.807, 2.05) is 6.92 Å². The molecular formula is C11H15N3. The van der Waals surface area contributed by atoms with Crippen LogP contribution in [0.4, 0.5) is 0 Å². The molecule has 0 aliphatic heterocycles. The molecule has 0 saturated carbocycles. The second kappa shape index (κ2) is 6.93. The predicted molar refractivity (Wildman–Crippen MR) is 52.6 cm³/mol. The summed E-state index contributed by atoms with van der Waals surface area (Å²) < 4.78 is 0. The maximum absolute atomic E-state index is 9.09. The molecule has 0 unspecified atom stereocenters. The maximum Gasteiger partial charge on any atom is 0.0690 e. The van der Waals surface area contributed by atoms with Crippen LogP contribution in [0.5, 0.6) is 0 Å². The van der Waals surface area contributed by atoms with Crippen molar-refractivity contribution in [2.45, 2.75) is 45.4 Å². The van der Waals surface area contributed by atoms with Gasteiger partial charge < -0.3 is 0 Å². The van der Waals surface area contributed by atoms with E-state index in [0.717, 1.165) is 12.8 Å². The van der Waals surface area contributed by atoms with Gasteiger partial charge in [-0.1, -0.05) is 13.3 Å². The van der Waals surface area contributed by atoms with Crippen molar-refractivity contribution in [1.82, 2.24) is 0 Å². The van der Waals surface area contributed by atoms with Crippen molar-refractivity contribution in [2.75, 3.05) is 0 Å². The van der Waals surface area contributed by atoms with E-state index in [0.29, 0.717) is 25.7 Å². The number of hydrogen-bond acceptors (Lipinski definition) is 3. The SMILES string of the molecule is CCCC(C#N)(CCC#N)CCC#N. The Bertz CT molecular complexity index is 256. The summed E-state index contributed by atoms with van der Waals surface area (Å²) in [7, 11) is 0. The topological polar surface area (TPSA) is 71.4 Å². The van der Waals surface area contributed by atoms with Crippen molar-refractivity contribution >= 4 is 0 Å². The Kier molecular flexibility index (Phi) is 6.17. The second-order valence-corrected chi connectivity index (χ2v) is 3.46. The minimum atomic E-state index is -0.444. The molecule has 0 heterocycles. The lowest BCUT2D eigenvalue weighted by molar-refractivity contribution is 0.313. The first-order valence-corrected chi connectivity index (χ1v) is 4.90. The lowest BCUT2D eigenvalue weighted by Gasteiger charge is -2.23. The van der Waals surface area contributed by atoms with E-state index in [9.17, 15) is 0 Å². The molecule has 0 radical (unpaired) electrons. The smallest absolute Gasteiger partial charge is 0.0690 e. The lowest BCUT2D eigenvalue weighted by Crippen LogP contribution is -2.18. The van der Waals surface area contributed by atoms with Crippen LogP contribution in [0.15, 0.2) is 0 Å². The van der Waals surface area contributed by atoms with Gasteiger partial charge in [-0.3, -0.25) is 0 Å². The lowest BCUT2D eigenvalue weighted by atomic mass is 9.77. The Morgan fingerprint density at radius 2 is 1.43 bits per heavy atom. The highest BCUT2D eigenvalue weighted by atomic mass is 14.4. The van der Waals surface area contributed by atoms with Crippen LogP contribution in [0.25, 0.3) is 0 Å². The van der Waals surface area contributed by atoms with Crippen LogP contribution in [0.1, 0.15) is 45.4 Å². The third-order valence-electron chi connectivity index (χ3n) is 2.40. The molecule has 0 spiro atoms. The summed E-state index contributed by atoms with van der Waals surface area (Å²) in [6.45, 7) is 2.02. The zero-order chi connectivity index (χ0) is 10.9. The molecule has 74 valence electrons. The average molecular weight is 189 g/mol. The van der Waals surface area contributed by atoms with Crippen molar-refractivity contribution in [3.63, 3.8) is 0 Å². The van der Waals surface area contributed by atoms with E-state index in [4.69, 9.17) is 15.8 Å². The number of nitrogens with zero attached hydrogens (tertiary/aromatic N) is 3. The summed E-state index contributed by atoms with van der Waals surface area (Å²) in [5.41, 5.74) is -0.444. The Labute approximate surface area is 85.6 Å². The van der Waals surface area contributed by atoms with E-state index in [2.05, 4.69) is 18.2 Å². The van der Waals surface area contributed by atoms with Gasteiger partial charge in [0.15, 0.2) is 0 Å². The molecule has 14 heavy (non-hydrogen) atoms. The van der Waals surface area contributed by atoms with Crippen LogP contribution in [0.2, 0.25) is 0 Å².